The van der Waals surface area contributed by atoms with Gasteiger partial charge in [-0.1, -0.05) is 24.3 Å². The van der Waals surface area contributed by atoms with Gasteiger partial charge in [0.15, 0.2) is 0 Å². The van der Waals surface area contributed by atoms with Gasteiger partial charge in [0.2, 0.25) is 5.95 Å². The molecule has 0 spiro atoms. The number of pyridine rings is 1. The Bertz CT molecular complexity index is 880. The number of hydrogen-bond acceptors (Lipinski definition) is 5. The molecule has 1 aliphatic heterocycles. The van der Waals surface area contributed by atoms with Crippen LogP contribution >= 0.6 is 0 Å². The van der Waals surface area contributed by atoms with Gasteiger partial charge < -0.3 is 10.2 Å². The van der Waals surface area contributed by atoms with Gasteiger partial charge >= 0.3 is 0 Å². The molecule has 4 rings (SSSR count). The van der Waals surface area contributed by atoms with Crippen LogP contribution in [0.15, 0.2) is 61.2 Å². The van der Waals surface area contributed by atoms with Crippen molar-refractivity contribution in [2.45, 2.75) is 13.0 Å². The molecule has 124 valence electrons. The smallest absolute Gasteiger partial charge is 0.261 e. The highest BCUT2D eigenvalue weighted by molar-refractivity contribution is 6.06. The zero-order chi connectivity index (χ0) is 17.1. The average Bonchev–Trinajstić information content (AvgIpc) is 3.11. The molecule has 2 aromatic heterocycles. The number of hydrogen-bond donors (Lipinski definition) is 1. The molecule has 1 N–H and O–H groups in total. The number of nitrogens with one attached hydrogen (secondary N) is 1. The van der Waals surface area contributed by atoms with E-state index < -0.39 is 0 Å². The van der Waals surface area contributed by atoms with Gasteiger partial charge in [-0.15, -0.1) is 0 Å². The lowest BCUT2D eigenvalue weighted by atomic mass is 10.2. The minimum Gasteiger partial charge on any atom is -0.350 e. The largest absolute Gasteiger partial charge is 0.350 e. The highest BCUT2D eigenvalue weighted by Gasteiger charge is 2.25. The van der Waals surface area contributed by atoms with Gasteiger partial charge in [-0.2, -0.15) is 0 Å². The Labute approximate surface area is 145 Å². The number of fused-ring (bicyclic) bond motifs is 1. The Balaban J connectivity index is 1.44. The fraction of sp³-hybridized carbons (Fsp3) is 0.158. The molecule has 0 unspecified atom stereocenters. The fourth-order valence-electron chi connectivity index (χ4n) is 2.92. The Hall–Kier alpha value is -3.28. The molecule has 0 radical (unpaired) electrons. The van der Waals surface area contributed by atoms with E-state index in [0.29, 0.717) is 24.6 Å². The number of benzene rings is 1. The van der Waals surface area contributed by atoms with Crippen LogP contribution in [0.25, 0.3) is 0 Å². The van der Waals surface area contributed by atoms with E-state index >= 15 is 0 Å². The summed E-state index contributed by atoms with van der Waals surface area (Å²) in [6.07, 6.45) is 7.55. The summed E-state index contributed by atoms with van der Waals surface area (Å²) in [6, 6.07) is 11.8. The summed E-state index contributed by atoms with van der Waals surface area (Å²) in [5.41, 5.74) is 3.71. The summed E-state index contributed by atoms with van der Waals surface area (Å²) in [4.78, 5) is 27.1. The first kappa shape index (κ1) is 15.3. The molecule has 3 heterocycles. The van der Waals surface area contributed by atoms with Crippen molar-refractivity contribution in [3.8, 4) is 0 Å². The van der Waals surface area contributed by atoms with Crippen LogP contribution < -0.4 is 10.2 Å². The van der Waals surface area contributed by atoms with E-state index in [-0.39, 0.29) is 5.91 Å². The van der Waals surface area contributed by atoms with Crippen LogP contribution in [0, 0.1) is 0 Å². The molecule has 0 bridgehead atoms. The molecule has 6 heteroatoms. The summed E-state index contributed by atoms with van der Waals surface area (Å²) in [7, 11) is 0. The van der Waals surface area contributed by atoms with Crippen LogP contribution in [-0.4, -0.2) is 27.4 Å². The normalized spacial score (nSPS) is 12.7. The molecule has 1 aromatic carbocycles. The van der Waals surface area contributed by atoms with E-state index in [1.807, 2.05) is 30.3 Å². The van der Waals surface area contributed by atoms with Gasteiger partial charge in [-0.05, 0) is 29.7 Å². The number of rotatable bonds is 4. The monoisotopic (exact) mass is 331 g/mol. The molecule has 0 aliphatic carbocycles. The number of carbonyl (C=O) groups excluding carboxylic acids is 1. The van der Waals surface area contributed by atoms with Crippen molar-refractivity contribution in [1.82, 2.24) is 15.0 Å². The van der Waals surface area contributed by atoms with Crippen LogP contribution in [0.2, 0.25) is 0 Å². The van der Waals surface area contributed by atoms with E-state index in [2.05, 4.69) is 26.3 Å². The summed E-state index contributed by atoms with van der Waals surface area (Å²) < 4.78 is 0. The van der Waals surface area contributed by atoms with E-state index in [1.54, 1.807) is 29.7 Å². The summed E-state index contributed by atoms with van der Waals surface area (Å²) >= 11 is 0. The molecule has 0 saturated carbocycles. The quantitative estimate of drug-likeness (QED) is 0.796. The molecular weight excluding hydrogens is 314 g/mol. The zero-order valence-corrected chi connectivity index (χ0v) is 13.6. The van der Waals surface area contributed by atoms with Gasteiger partial charge in [0, 0.05) is 43.6 Å². The first-order valence-electron chi connectivity index (χ1n) is 8.16. The lowest BCUT2D eigenvalue weighted by Gasteiger charge is -2.17. The second kappa shape index (κ2) is 6.68. The SMILES string of the molecule is O=C(c1cnc(NCc2cccnc2)nc1)N1CCc2ccccc21. The number of carbonyl (C=O) groups is 1. The van der Waals surface area contributed by atoms with Crippen molar-refractivity contribution in [1.29, 1.82) is 0 Å². The van der Waals surface area contributed by atoms with E-state index in [4.69, 9.17) is 0 Å². The molecule has 0 fully saturated rings. The van der Waals surface area contributed by atoms with Crippen molar-refractivity contribution < 1.29 is 4.79 Å². The number of aromatic nitrogens is 3. The Kier molecular flexibility index (Phi) is 4.08. The van der Waals surface area contributed by atoms with Crippen LogP contribution in [-0.2, 0) is 13.0 Å². The maximum absolute atomic E-state index is 12.7. The lowest BCUT2D eigenvalue weighted by molar-refractivity contribution is 0.0988. The first-order chi connectivity index (χ1) is 12.3. The Morgan fingerprint density at radius 3 is 2.72 bits per heavy atom. The second-order valence-corrected chi connectivity index (χ2v) is 5.85. The Morgan fingerprint density at radius 1 is 1.08 bits per heavy atom. The van der Waals surface area contributed by atoms with E-state index in [0.717, 1.165) is 17.7 Å². The average molecular weight is 331 g/mol. The number of amides is 1. The lowest BCUT2D eigenvalue weighted by Crippen LogP contribution is -2.29. The maximum Gasteiger partial charge on any atom is 0.261 e. The highest BCUT2D eigenvalue weighted by Crippen LogP contribution is 2.28. The second-order valence-electron chi connectivity index (χ2n) is 5.85. The number of para-hydroxylation sites is 1. The molecule has 1 aliphatic rings. The van der Waals surface area contributed by atoms with Crippen molar-refractivity contribution in [2.75, 3.05) is 16.8 Å². The number of anilines is 2. The molecule has 0 saturated heterocycles. The van der Waals surface area contributed by atoms with Gasteiger partial charge in [-0.25, -0.2) is 9.97 Å². The predicted molar refractivity (Wildman–Crippen MR) is 95.4 cm³/mol. The van der Waals surface area contributed by atoms with E-state index in [9.17, 15) is 4.79 Å². The summed E-state index contributed by atoms with van der Waals surface area (Å²) in [6.45, 7) is 1.28. The molecular formula is C19H17N5O. The van der Waals surface area contributed by atoms with Crippen LogP contribution in [0.3, 0.4) is 0 Å². The van der Waals surface area contributed by atoms with Crippen LogP contribution in [0.4, 0.5) is 11.6 Å². The highest BCUT2D eigenvalue weighted by atomic mass is 16.2. The minimum absolute atomic E-state index is 0.0660. The predicted octanol–water partition coefficient (Wildman–Crippen LogP) is 2.69. The van der Waals surface area contributed by atoms with Gasteiger partial charge in [0.05, 0.1) is 5.56 Å². The van der Waals surface area contributed by atoms with Gasteiger partial charge in [-0.3, -0.25) is 9.78 Å². The van der Waals surface area contributed by atoms with E-state index in [1.165, 1.54) is 5.56 Å². The summed E-state index contributed by atoms with van der Waals surface area (Å²) in [5.74, 6) is 0.422. The van der Waals surface area contributed by atoms with Crippen molar-refractivity contribution in [2.24, 2.45) is 0 Å². The molecule has 3 aromatic rings. The van der Waals surface area contributed by atoms with Crippen molar-refractivity contribution in [3.05, 3.63) is 77.9 Å². The molecule has 1 amide bonds. The van der Waals surface area contributed by atoms with Crippen LogP contribution in [0.5, 0.6) is 0 Å². The van der Waals surface area contributed by atoms with Gasteiger partial charge in [0.1, 0.15) is 0 Å². The molecule has 6 nitrogen and oxygen atoms in total. The van der Waals surface area contributed by atoms with Crippen molar-refractivity contribution in [3.63, 3.8) is 0 Å². The minimum atomic E-state index is -0.0660. The first-order valence-corrected chi connectivity index (χ1v) is 8.16. The zero-order valence-electron chi connectivity index (χ0n) is 13.6. The maximum atomic E-state index is 12.7. The topological polar surface area (TPSA) is 71.0 Å². The third-order valence-electron chi connectivity index (χ3n) is 4.20. The number of nitrogens with zero attached hydrogens (tertiary/aromatic N) is 4. The third kappa shape index (κ3) is 3.19. The van der Waals surface area contributed by atoms with Gasteiger partial charge in [0.25, 0.3) is 5.91 Å². The Morgan fingerprint density at radius 2 is 1.92 bits per heavy atom. The molecule has 0 atom stereocenters. The van der Waals surface area contributed by atoms with Crippen molar-refractivity contribution >= 4 is 17.5 Å². The van der Waals surface area contributed by atoms with Crippen LogP contribution in [0.1, 0.15) is 21.5 Å². The third-order valence-corrected chi connectivity index (χ3v) is 4.20. The molecule has 25 heavy (non-hydrogen) atoms. The fourth-order valence-corrected chi connectivity index (χ4v) is 2.92. The standard InChI is InChI=1S/C19H17N5O/c25-18(24-9-7-15-5-1-2-6-17(15)24)16-12-22-19(23-13-16)21-11-14-4-3-8-20-10-14/h1-6,8,10,12-13H,7,9,11H2,(H,21,22,23). The summed E-state index contributed by atoms with van der Waals surface area (Å²) in [5, 5.41) is 3.13.